The van der Waals surface area contributed by atoms with Gasteiger partial charge in [-0.2, -0.15) is 0 Å². The van der Waals surface area contributed by atoms with Crippen molar-refractivity contribution in [1.29, 1.82) is 0 Å². The summed E-state index contributed by atoms with van der Waals surface area (Å²) < 4.78 is 0. The van der Waals surface area contributed by atoms with Crippen LogP contribution in [0.3, 0.4) is 0 Å². The molecule has 0 saturated heterocycles. The average Bonchev–Trinajstić information content (AvgIpc) is 2.28. The van der Waals surface area contributed by atoms with E-state index in [1.165, 1.54) is 19.2 Å². The number of nitro groups is 1. The third-order valence-corrected chi connectivity index (χ3v) is 1.91. The van der Waals surface area contributed by atoms with Crippen molar-refractivity contribution in [3.05, 3.63) is 34.4 Å². The quantitative estimate of drug-likeness (QED) is 0.370. The summed E-state index contributed by atoms with van der Waals surface area (Å²) in [7, 11) is 1.46. The molecule has 0 radical (unpaired) electrons. The van der Waals surface area contributed by atoms with Crippen molar-refractivity contribution in [1.82, 2.24) is 5.48 Å². The first-order valence-corrected chi connectivity index (χ1v) is 5.41. The Morgan fingerprint density at radius 2 is 2.22 bits per heavy atom. The number of benzene rings is 1. The van der Waals surface area contributed by atoms with E-state index in [-0.39, 0.29) is 11.7 Å². The highest BCUT2D eigenvalue weighted by Gasteiger charge is 2.07. The molecule has 1 aromatic carbocycles. The molecule has 2 N–H and O–H groups in total. The lowest BCUT2D eigenvalue weighted by molar-refractivity contribution is -0.384. The zero-order valence-electron chi connectivity index (χ0n) is 10.5. The largest absolute Gasteiger partial charge is 0.324 e. The lowest BCUT2D eigenvalue weighted by Gasteiger charge is -2.11. The number of nitrogens with zero attached hydrogens (tertiary/aromatic N) is 2. The van der Waals surface area contributed by atoms with E-state index >= 15 is 0 Å². The van der Waals surface area contributed by atoms with Gasteiger partial charge in [0.2, 0.25) is 5.96 Å². The van der Waals surface area contributed by atoms with Crippen LogP contribution in [-0.2, 0) is 4.84 Å². The highest BCUT2D eigenvalue weighted by Crippen LogP contribution is 2.16. The van der Waals surface area contributed by atoms with Crippen LogP contribution in [0.4, 0.5) is 11.4 Å². The van der Waals surface area contributed by atoms with Gasteiger partial charge in [0.25, 0.3) is 5.69 Å². The highest BCUT2D eigenvalue weighted by molar-refractivity contribution is 5.93. The molecule has 7 heteroatoms. The van der Waals surface area contributed by atoms with Crippen LogP contribution in [0.25, 0.3) is 0 Å². The van der Waals surface area contributed by atoms with E-state index in [0.29, 0.717) is 11.6 Å². The van der Waals surface area contributed by atoms with E-state index in [2.05, 4.69) is 15.8 Å². The maximum atomic E-state index is 10.6. The van der Waals surface area contributed by atoms with E-state index in [1.54, 1.807) is 12.1 Å². The first-order valence-electron chi connectivity index (χ1n) is 5.41. The third-order valence-electron chi connectivity index (χ3n) is 1.91. The highest BCUT2D eigenvalue weighted by atomic mass is 16.6. The Labute approximate surface area is 105 Å². The minimum atomic E-state index is -0.450. The van der Waals surface area contributed by atoms with Crippen LogP contribution in [0.5, 0.6) is 0 Å². The van der Waals surface area contributed by atoms with Gasteiger partial charge in [0.15, 0.2) is 0 Å². The van der Waals surface area contributed by atoms with Crippen LogP contribution >= 0.6 is 0 Å². The first kappa shape index (κ1) is 13.9. The second-order valence-electron chi connectivity index (χ2n) is 3.81. The smallest absolute Gasteiger partial charge is 0.271 e. The molecule has 18 heavy (non-hydrogen) atoms. The van der Waals surface area contributed by atoms with Crippen LogP contribution in [-0.4, -0.2) is 24.0 Å². The van der Waals surface area contributed by atoms with E-state index in [1.807, 2.05) is 13.8 Å². The SMILES string of the molecule is CONC(=NC(C)C)Nc1cccc([N+](=O)[O-])c1. The Kier molecular flexibility index (Phi) is 5.06. The fourth-order valence-electron chi connectivity index (χ4n) is 1.27. The van der Waals surface area contributed by atoms with Gasteiger partial charge in [-0.25, -0.2) is 10.5 Å². The van der Waals surface area contributed by atoms with Crippen molar-refractivity contribution in [3.8, 4) is 0 Å². The molecule has 0 spiro atoms. The van der Waals surface area contributed by atoms with Crippen LogP contribution in [0.1, 0.15) is 13.8 Å². The molecular weight excluding hydrogens is 236 g/mol. The predicted octanol–water partition coefficient (Wildman–Crippen LogP) is 1.92. The maximum Gasteiger partial charge on any atom is 0.271 e. The summed E-state index contributed by atoms with van der Waals surface area (Å²) in [5.41, 5.74) is 3.16. The monoisotopic (exact) mass is 252 g/mol. The molecule has 7 nitrogen and oxygen atoms in total. The number of nitro benzene ring substituents is 1. The van der Waals surface area contributed by atoms with Crippen molar-refractivity contribution in [2.75, 3.05) is 12.4 Å². The second-order valence-corrected chi connectivity index (χ2v) is 3.81. The number of guanidine groups is 1. The summed E-state index contributed by atoms with van der Waals surface area (Å²) in [5, 5.41) is 13.6. The standard InChI is InChI=1S/C11H16N4O3/c1-8(2)12-11(14-18-3)13-9-5-4-6-10(7-9)15(16)17/h4-8H,1-3H3,(H2,12,13,14). The Hall–Kier alpha value is -2.15. The van der Waals surface area contributed by atoms with Gasteiger partial charge in [0, 0.05) is 23.9 Å². The molecule has 0 aliphatic rings. The van der Waals surface area contributed by atoms with E-state index in [0.717, 1.165) is 0 Å². The van der Waals surface area contributed by atoms with Crippen LogP contribution in [0, 0.1) is 10.1 Å². The molecule has 0 aliphatic carbocycles. The zero-order valence-corrected chi connectivity index (χ0v) is 10.5. The van der Waals surface area contributed by atoms with Gasteiger partial charge in [0.1, 0.15) is 0 Å². The third kappa shape index (κ3) is 4.38. The summed E-state index contributed by atoms with van der Waals surface area (Å²) in [4.78, 5) is 19.2. The topological polar surface area (TPSA) is 88.8 Å². The van der Waals surface area contributed by atoms with Gasteiger partial charge in [-0.05, 0) is 19.9 Å². The molecule has 0 fully saturated rings. The van der Waals surface area contributed by atoms with E-state index < -0.39 is 4.92 Å². The number of anilines is 1. The Morgan fingerprint density at radius 1 is 1.50 bits per heavy atom. The van der Waals surface area contributed by atoms with Gasteiger partial charge in [-0.15, -0.1) is 0 Å². The summed E-state index contributed by atoms with van der Waals surface area (Å²) >= 11 is 0. The van der Waals surface area contributed by atoms with Gasteiger partial charge < -0.3 is 5.32 Å². The van der Waals surface area contributed by atoms with E-state index in [4.69, 9.17) is 4.84 Å². The molecule has 1 rings (SSSR count). The van der Waals surface area contributed by atoms with Gasteiger partial charge >= 0.3 is 0 Å². The summed E-state index contributed by atoms with van der Waals surface area (Å²) in [6.45, 7) is 3.82. The summed E-state index contributed by atoms with van der Waals surface area (Å²) in [6.07, 6.45) is 0. The van der Waals surface area contributed by atoms with Crippen LogP contribution in [0.2, 0.25) is 0 Å². The van der Waals surface area contributed by atoms with E-state index in [9.17, 15) is 10.1 Å². The predicted molar refractivity (Wildman–Crippen MR) is 69.4 cm³/mol. The maximum absolute atomic E-state index is 10.6. The molecule has 0 aliphatic heterocycles. The Morgan fingerprint density at radius 3 is 2.78 bits per heavy atom. The summed E-state index contributed by atoms with van der Waals surface area (Å²) in [6, 6.07) is 6.22. The van der Waals surface area contributed by atoms with Crippen molar-refractivity contribution < 1.29 is 9.76 Å². The second kappa shape index (κ2) is 6.55. The lowest BCUT2D eigenvalue weighted by Crippen LogP contribution is -2.30. The molecule has 0 saturated carbocycles. The normalized spacial score (nSPS) is 11.4. The van der Waals surface area contributed by atoms with Crippen molar-refractivity contribution >= 4 is 17.3 Å². The van der Waals surface area contributed by atoms with Crippen molar-refractivity contribution in [3.63, 3.8) is 0 Å². The van der Waals surface area contributed by atoms with Crippen LogP contribution in [0.15, 0.2) is 29.3 Å². The number of hydrogen-bond acceptors (Lipinski definition) is 4. The average molecular weight is 252 g/mol. The molecule has 0 amide bonds. The molecular formula is C11H16N4O3. The fraction of sp³-hybridized carbons (Fsp3) is 0.364. The number of nitrogens with one attached hydrogen (secondary N) is 2. The molecule has 0 unspecified atom stereocenters. The summed E-state index contributed by atoms with van der Waals surface area (Å²) in [5.74, 6) is 0.396. The van der Waals surface area contributed by atoms with Gasteiger partial charge in [0.05, 0.1) is 12.0 Å². The molecule has 98 valence electrons. The number of hydroxylamine groups is 1. The molecule has 0 atom stereocenters. The van der Waals surface area contributed by atoms with Gasteiger partial charge in [-0.1, -0.05) is 6.07 Å². The first-order chi connectivity index (χ1) is 8.52. The zero-order chi connectivity index (χ0) is 13.5. The number of aliphatic imine (C=N–C) groups is 1. The molecule has 0 heterocycles. The molecule has 0 bridgehead atoms. The molecule has 0 aromatic heterocycles. The minimum Gasteiger partial charge on any atom is -0.324 e. The fourth-order valence-corrected chi connectivity index (χ4v) is 1.27. The van der Waals surface area contributed by atoms with Crippen LogP contribution < -0.4 is 10.8 Å². The van der Waals surface area contributed by atoms with Crippen molar-refractivity contribution in [2.45, 2.75) is 19.9 Å². The van der Waals surface area contributed by atoms with Crippen molar-refractivity contribution in [2.24, 2.45) is 4.99 Å². The number of non-ortho nitro benzene ring substituents is 1. The Bertz CT molecular complexity index is 446. The molecule has 1 aromatic rings. The van der Waals surface area contributed by atoms with Gasteiger partial charge in [-0.3, -0.25) is 15.0 Å². The lowest BCUT2D eigenvalue weighted by atomic mass is 10.3. The number of rotatable bonds is 4. The number of hydrogen-bond donors (Lipinski definition) is 2. The Balaban J connectivity index is 2.87. The minimum absolute atomic E-state index is 0.0151.